The molecule has 1 atom stereocenters. The number of nitrogens with zero attached hydrogens (tertiary/aromatic N) is 2. The number of hydrogen-bond donors (Lipinski definition) is 2. The minimum Gasteiger partial charge on any atom is -0.468 e. The van der Waals surface area contributed by atoms with Gasteiger partial charge >= 0.3 is 6.09 Å². The standard InChI is InChI=1S/C24H29FN4O3S/c25-22-12-18(29-15-20(32-24(29)30)13-26-23(33)27-17-3-4-17)5-6-21(22)16-7-9-28(10-8-16)14-19-2-1-11-31-19/h1-2,5-6,11-12,16-17,20H,3-4,7-10,13-15H2,(H2,26,27,33)/t20-/m0/s1. The second-order valence-electron chi connectivity index (χ2n) is 9.08. The Morgan fingerprint density at radius 3 is 2.70 bits per heavy atom. The van der Waals surface area contributed by atoms with Crippen LogP contribution in [0, 0.1) is 5.82 Å². The van der Waals surface area contributed by atoms with E-state index in [1.807, 2.05) is 24.3 Å². The van der Waals surface area contributed by atoms with Crippen molar-refractivity contribution in [2.24, 2.45) is 0 Å². The Balaban J connectivity index is 1.14. The lowest BCUT2D eigenvalue weighted by Crippen LogP contribution is -2.41. The summed E-state index contributed by atoms with van der Waals surface area (Å²) in [5.74, 6) is 0.867. The van der Waals surface area contributed by atoms with E-state index < -0.39 is 6.09 Å². The smallest absolute Gasteiger partial charge is 0.414 e. The van der Waals surface area contributed by atoms with Crippen molar-refractivity contribution in [2.75, 3.05) is 31.1 Å². The van der Waals surface area contributed by atoms with Gasteiger partial charge in [0.15, 0.2) is 5.11 Å². The third-order valence-corrected chi connectivity index (χ3v) is 6.82. The number of anilines is 1. The summed E-state index contributed by atoms with van der Waals surface area (Å²) >= 11 is 5.25. The van der Waals surface area contributed by atoms with E-state index in [0.717, 1.165) is 56.6 Å². The van der Waals surface area contributed by atoms with Crippen LogP contribution in [0.4, 0.5) is 14.9 Å². The van der Waals surface area contributed by atoms with Crippen molar-refractivity contribution >= 4 is 29.1 Å². The van der Waals surface area contributed by atoms with Gasteiger partial charge in [0.05, 0.1) is 31.6 Å². The van der Waals surface area contributed by atoms with E-state index >= 15 is 4.39 Å². The minimum atomic E-state index is -0.457. The molecule has 0 spiro atoms. The molecule has 0 bridgehead atoms. The molecule has 2 aliphatic heterocycles. The number of halogens is 1. The number of nitrogens with one attached hydrogen (secondary N) is 2. The van der Waals surface area contributed by atoms with E-state index in [0.29, 0.717) is 29.9 Å². The van der Waals surface area contributed by atoms with Gasteiger partial charge in [-0.3, -0.25) is 9.80 Å². The highest BCUT2D eigenvalue weighted by Crippen LogP contribution is 2.33. The largest absolute Gasteiger partial charge is 0.468 e. The van der Waals surface area contributed by atoms with Gasteiger partial charge in [-0.2, -0.15) is 0 Å². The molecular weight excluding hydrogens is 443 g/mol. The molecular formula is C24H29FN4O3S. The number of benzene rings is 1. The number of ether oxygens (including phenoxy) is 1. The van der Waals surface area contributed by atoms with Gasteiger partial charge in [0.1, 0.15) is 17.7 Å². The number of cyclic esters (lactones) is 1. The van der Waals surface area contributed by atoms with Gasteiger partial charge in [0.2, 0.25) is 0 Å². The van der Waals surface area contributed by atoms with E-state index in [9.17, 15) is 4.79 Å². The Kier molecular flexibility index (Phi) is 6.50. The number of hydrogen-bond acceptors (Lipinski definition) is 5. The van der Waals surface area contributed by atoms with Gasteiger partial charge in [0, 0.05) is 6.04 Å². The summed E-state index contributed by atoms with van der Waals surface area (Å²) in [6, 6.07) is 9.45. The molecule has 3 aliphatic rings. The predicted molar refractivity (Wildman–Crippen MR) is 127 cm³/mol. The van der Waals surface area contributed by atoms with Crippen molar-refractivity contribution in [1.82, 2.24) is 15.5 Å². The van der Waals surface area contributed by atoms with Crippen LogP contribution in [0.15, 0.2) is 41.0 Å². The molecule has 7 nitrogen and oxygen atoms in total. The van der Waals surface area contributed by atoms with E-state index in [1.165, 1.54) is 11.0 Å². The fraction of sp³-hybridized carbons (Fsp3) is 0.500. The van der Waals surface area contributed by atoms with Crippen molar-refractivity contribution in [2.45, 2.75) is 50.3 Å². The maximum atomic E-state index is 15.1. The van der Waals surface area contributed by atoms with Crippen LogP contribution in [0.25, 0.3) is 0 Å². The minimum absolute atomic E-state index is 0.175. The molecule has 9 heteroatoms. The number of likely N-dealkylation sites (tertiary alicyclic amines) is 1. The SMILES string of the molecule is O=C1O[C@@H](CNC(=S)NC2CC2)CN1c1ccc(C2CCN(Cc3ccco3)CC2)c(F)c1. The summed E-state index contributed by atoms with van der Waals surface area (Å²) in [5, 5.41) is 6.88. The van der Waals surface area contributed by atoms with Crippen LogP contribution in [0.3, 0.4) is 0 Å². The first-order valence-corrected chi connectivity index (χ1v) is 12.0. The number of rotatable bonds is 7. The van der Waals surface area contributed by atoms with Crippen LogP contribution >= 0.6 is 12.2 Å². The zero-order valence-corrected chi connectivity index (χ0v) is 19.3. The molecule has 3 fully saturated rings. The lowest BCUT2D eigenvalue weighted by Gasteiger charge is -2.31. The van der Waals surface area contributed by atoms with Crippen molar-refractivity contribution in [3.8, 4) is 0 Å². The number of thiocarbonyl (C=S) groups is 1. The third-order valence-electron chi connectivity index (χ3n) is 6.56. The van der Waals surface area contributed by atoms with Crippen molar-refractivity contribution in [3.05, 3.63) is 53.7 Å². The molecule has 0 unspecified atom stereocenters. The van der Waals surface area contributed by atoms with Crippen molar-refractivity contribution < 1.29 is 18.3 Å². The number of amides is 1. The fourth-order valence-electron chi connectivity index (χ4n) is 4.55. The summed E-state index contributed by atoms with van der Waals surface area (Å²) in [4.78, 5) is 16.2. The lowest BCUT2D eigenvalue weighted by molar-refractivity contribution is 0.143. The van der Waals surface area contributed by atoms with Gasteiger partial charge in [-0.1, -0.05) is 6.07 Å². The average Bonchev–Trinajstić information content (AvgIpc) is 3.31. The fourth-order valence-corrected chi connectivity index (χ4v) is 4.80. The van der Waals surface area contributed by atoms with Gasteiger partial charge in [-0.25, -0.2) is 9.18 Å². The molecule has 1 aliphatic carbocycles. The Bertz CT molecular complexity index is 990. The quantitative estimate of drug-likeness (QED) is 0.595. The zero-order chi connectivity index (χ0) is 22.8. The number of furan rings is 1. The molecule has 176 valence electrons. The van der Waals surface area contributed by atoms with Crippen LogP contribution in [-0.4, -0.2) is 54.4 Å². The Morgan fingerprint density at radius 1 is 1.18 bits per heavy atom. The van der Waals surface area contributed by atoms with Crippen molar-refractivity contribution in [3.63, 3.8) is 0 Å². The van der Waals surface area contributed by atoms with Crippen LogP contribution in [-0.2, 0) is 11.3 Å². The molecule has 2 aromatic rings. The van der Waals surface area contributed by atoms with Crippen LogP contribution < -0.4 is 15.5 Å². The summed E-state index contributed by atoms with van der Waals surface area (Å²) in [5.41, 5.74) is 1.25. The second kappa shape index (κ2) is 9.69. The maximum absolute atomic E-state index is 15.1. The third kappa shape index (κ3) is 5.47. The first-order valence-electron chi connectivity index (χ1n) is 11.6. The molecule has 2 saturated heterocycles. The van der Waals surface area contributed by atoms with Crippen LogP contribution in [0.1, 0.15) is 42.9 Å². The predicted octanol–water partition coefficient (Wildman–Crippen LogP) is 3.75. The molecule has 0 radical (unpaired) electrons. The summed E-state index contributed by atoms with van der Waals surface area (Å²) < 4.78 is 25.9. The first kappa shape index (κ1) is 22.2. The monoisotopic (exact) mass is 472 g/mol. The Hall–Kier alpha value is -2.65. The van der Waals surface area contributed by atoms with E-state index in [-0.39, 0.29) is 17.8 Å². The van der Waals surface area contributed by atoms with E-state index in [1.54, 1.807) is 6.26 Å². The zero-order valence-electron chi connectivity index (χ0n) is 18.5. The highest BCUT2D eigenvalue weighted by atomic mass is 32.1. The molecule has 33 heavy (non-hydrogen) atoms. The number of carbonyl (C=O) groups excluding carboxylic acids is 1. The van der Waals surface area contributed by atoms with Crippen LogP contribution in [0.2, 0.25) is 0 Å². The summed E-state index contributed by atoms with van der Waals surface area (Å²) in [6.45, 7) is 3.38. The number of carbonyl (C=O) groups is 1. The molecule has 1 amide bonds. The highest BCUT2D eigenvalue weighted by molar-refractivity contribution is 7.80. The molecule has 1 saturated carbocycles. The lowest BCUT2D eigenvalue weighted by atomic mass is 9.89. The highest BCUT2D eigenvalue weighted by Gasteiger charge is 2.33. The van der Waals surface area contributed by atoms with Crippen LogP contribution in [0.5, 0.6) is 0 Å². The van der Waals surface area contributed by atoms with Gasteiger partial charge < -0.3 is 19.8 Å². The van der Waals surface area contributed by atoms with E-state index in [2.05, 4.69) is 15.5 Å². The summed E-state index contributed by atoms with van der Waals surface area (Å²) in [6.07, 6.45) is 4.96. The maximum Gasteiger partial charge on any atom is 0.414 e. The molecule has 3 heterocycles. The molecule has 5 rings (SSSR count). The second-order valence-corrected chi connectivity index (χ2v) is 9.49. The van der Waals surface area contributed by atoms with Gasteiger partial charge in [-0.05, 0) is 86.7 Å². The summed E-state index contributed by atoms with van der Waals surface area (Å²) in [7, 11) is 0. The first-order chi connectivity index (χ1) is 16.0. The van der Waals surface area contributed by atoms with E-state index in [4.69, 9.17) is 21.4 Å². The normalized spacial score (nSPS) is 21.8. The molecule has 1 aromatic carbocycles. The topological polar surface area (TPSA) is 70.0 Å². The Labute approximate surface area is 198 Å². The Morgan fingerprint density at radius 2 is 2.00 bits per heavy atom. The van der Waals surface area contributed by atoms with Crippen molar-refractivity contribution in [1.29, 1.82) is 0 Å². The molecule has 2 N–H and O–H groups in total. The number of piperidine rings is 1. The van der Waals surface area contributed by atoms with Gasteiger partial charge in [0.25, 0.3) is 0 Å². The van der Waals surface area contributed by atoms with Gasteiger partial charge in [-0.15, -0.1) is 0 Å². The average molecular weight is 473 g/mol. The molecule has 1 aromatic heterocycles.